The van der Waals surface area contributed by atoms with Gasteiger partial charge in [-0.1, -0.05) is 26.0 Å². The topological polar surface area (TPSA) is 101 Å². The molecule has 0 saturated carbocycles. The summed E-state index contributed by atoms with van der Waals surface area (Å²) in [5.74, 6) is -0.556. The SMILES string of the molecule is CC(C)C[C@H](NC(=O)c1ccc(-c2csc(N3CCNCC3)n2)cc1)C(=O)N(C)C#N. The number of nitrogens with one attached hydrogen (secondary N) is 2. The highest BCUT2D eigenvalue weighted by Gasteiger charge is 2.25. The van der Waals surface area contributed by atoms with Gasteiger partial charge in [-0.25, -0.2) is 4.98 Å². The number of hydrogen-bond acceptors (Lipinski definition) is 7. The van der Waals surface area contributed by atoms with E-state index < -0.39 is 11.9 Å². The highest BCUT2D eigenvalue weighted by molar-refractivity contribution is 7.14. The minimum atomic E-state index is -0.739. The number of nitriles is 1. The fourth-order valence-electron chi connectivity index (χ4n) is 3.41. The number of amides is 2. The molecule has 3 rings (SSSR count). The van der Waals surface area contributed by atoms with Crippen LogP contribution in [0.4, 0.5) is 5.13 Å². The van der Waals surface area contributed by atoms with Crippen molar-refractivity contribution in [3.8, 4) is 17.5 Å². The van der Waals surface area contributed by atoms with E-state index >= 15 is 0 Å². The zero-order valence-electron chi connectivity index (χ0n) is 18.1. The summed E-state index contributed by atoms with van der Waals surface area (Å²) in [4.78, 5) is 33.1. The highest BCUT2D eigenvalue weighted by Crippen LogP contribution is 2.28. The van der Waals surface area contributed by atoms with Crippen LogP contribution in [-0.4, -0.2) is 61.0 Å². The van der Waals surface area contributed by atoms with Crippen LogP contribution in [0.25, 0.3) is 11.3 Å². The van der Waals surface area contributed by atoms with Crippen molar-refractivity contribution in [1.29, 1.82) is 5.26 Å². The Kier molecular flexibility index (Phi) is 7.60. The fourth-order valence-corrected chi connectivity index (χ4v) is 4.30. The van der Waals surface area contributed by atoms with E-state index in [1.807, 2.05) is 31.4 Å². The molecule has 0 radical (unpaired) electrons. The molecule has 31 heavy (non-hydrogen) atoms. The van der Waals surface area contributed by atoms with E-state index in [2.05, 4.69) is 15.5 Å². The van der Waals surface area contributed by atoms with E-state index in [4.69, 9.17) is 10.2 Å². The Morgan fingerprint density at radius 1 is 1.29 bits per heavy atom. The normalized spacial score (nSPS) is 14.7. The van der Waals surface area contributed by atoms with Crippen molar-refractivity contribution in [1.82, 2.24) is 20.5 Å². The van der Waals surface area contributed by atoms with Crippen LogP contribution >= 0.6 is 11.3 Å². The molecule has 0 spiro atoms. The molecule has 2 amide bonds. The van der Waals surface area contributed by atoms with Crippen LogP contribution in [0.5, 0.6) is 0 Å². The number of benzene rings is 1. The predicted molar refractivity (Wildman–Crippen MR) is 122 cm³/mol. The third-order valence-corrected chi connectivity index (χ3v) is 6.01. The number of hydrogen-bond donors (Lipinski definition) is 2. The van der Waals surface area contributed by atoms with Crippen LogP contribution in [0.15, 0.2) is 29.6 Å². The van der Waals surface area contributed by atoms with Crippen LogP contribution < -0.4 is 15.5 Å². The van der Waals surface area contributed by atoms with Crippen LogP contribution in [0.2, 0.25) is 0 Å². The monoisotopic (exact) mass is 440 g/mol. The van der Waals surface area contributed by atoms with Gasteiger partial charge in [-0.2, -0.15) is 5.26 Å². The molecule has 1 aromatic carbocycles. The number of rotatable bonds is 7. The first kappa shape index (κ1) is 22.7. The highest BCUT2D eigenvalue weighted by atomic mass is 32.1. The molecule has 1 aromatic heterocycles. The van der Waals surface area contributed by atoms with E-state index in [1.54, 1.807) is 29.7 Å². The van der Waals surface area contributed by atoms with Crippen molar-refractivity contribution in [2.24, 2.45) is 5.92 Å². The van der Waals surface area contributed by atoms with Gasteiger partial charge in [0, 0.05) is 49.7 Å². The lowest BCUT2D eigenvalue weighted by atomic mass is 10.0. The van der Waals surface area contributed by atoms with Gasteiger partial charge < -0.3 is 15.5 Å². The second kappa shape index (κ2) is 10.4. The first-order valence-electron chi connectivity index (χ1n) is 10.4. The average molecular weight is 441 g/mol. The number of carbonyl (C=O) groups excluding carboxylic acids is 2. The van der Waals surface area contributed by atoms with Gasteiger partial charge in [0.2, 0.25) is 0 Å². The van der Waals surface area contributed by atoms with E-state index in [0.717, 1.165) is 47.5 Å². The molecule has 0 unspecified atom stereocenters. The number of piperazine rings is 1. The second-order valence-corrected chi connectivity index (χ2v) is 8.82. The van der Waals surface area contributed by atoms with Crippen molar-refractivity contribution >= 4 is 28.3 Å². The third-order valence-electron chi connectivity index (χ3n) is 5.11. The minimum Gasteiger partial charge on any atom is -0.346 e. The molecule has 1 atom stereocenters. The Labute approximate surface area is 186 Å². The van der Waals surface area contributed by atoms with Crippen LogP contribution in [-0.2, 0) is 4.79 Å². The molecule has 9 heteroatoms. The Bertz CT molecular complexity index is 944. The van der Waals surface area contributed by atoms with E-state index in [0.29, 0.717) is 12.0 Å². The van der Waals surface area contributed by atoms with Crippen molar-refractivity contribution in [3.05, 3.63) is 35.2 Å². The first-order valence-corrected chi connectivity index (χ1v) is 11.3. The molecule has 1 saturated heterocycles. The number of thiazole rings is 1. The Balaban J connectivity index is 1.68. The van der Waals surface area contributed by atoms with Gasteiger partial charge in [0.1, 0.15) is 6.04 Å². The van der Waals surface area contributed by atoms with Crippen LogP contribution in [0.3, 0.4) is 0 Å². The Morgan fingerprint density at radius 3 is 2.58 bits per heavy atom. The third kappa shape index (κ3) is 5.81. The van der Waals surface area contributed by atoms with Gasteiger partial charge in [-0.15, -0.1) is 11.3 Å². The molecule has 1 fully saturated rings. The smallest absolute Gasteiger partial charge is 0.257 e. The van der Waals surface area contributed by atoms with Gasteiger partial charge in [0.05, 0.1) is 5.69 Å². The summed E-state index contributed by atoms with van der Waals surface area (Å²) >= 11 is 1.62. The van der Waals surface area contributed by atoms with E-state index in [1.165, 1.54) is 7.05 Å². The molecule has 2 N–H and O–H groups in total. The molecule has 8 nitrogen and oxygen atoms in total. The molecule has 1 aliphatic rings. The van der Waals surface area contributed by atoms with E-state index in [-0.39, 0.29) is 11.8 Å². The van der Waals surface area contributed by atoms with Gasteiger partial charge in [0.25, 0.3) is 11.8 Å². The average Bonchev–Trinajstić information content (AvgIpc) is 3.28. The predicted octanol–water partition coefficient (Wildman–Crippen LogP) is 2.30. The summed E-state index contributed by atoms with van der Waals surface area (Å²) in [5.41, 5.74) is 2.28. The molecule has 2 heterocycles. The maximum absolute atomic E-state index is 12.7. The number of nitrogens with zero attached hydrogens (tertiary/aromatic N) is 4. The van der Waals surface area contributed by atoms with Crippen LogP contribution in [0.1, 0.15) is 30.6 Å². The number of likely N-dealkylation sites (N-methyl/N-ethyl adjacent to an activating group) is 1. The van der Waals surface area contributed by atoms with Gasteiger partial charge in [0.15, 0.2) is 11.3 Å². The molecule has 0 bridgehead atoms. The van der Waals surface area contributed by atoms with Crippen molar-refractivity contribution in [3.63, 3.8) is 0 Å². The number of anilines is 1. The Hall–Kier alpha value is -2.96. The van der Waals surface area contributed by atoms with Gasteiger partial charge in [-0.05, 0) is 24.5 Å². The number of aromatic nitrogens is 1. The number of carbonyl (C=O) groups is 2. The van der Waals surface area contributed by atoms with Crippen molar-refractivity contribution in [2.45, 2.75) is 26.3 Å². The lowest BCUT2D eigenvalue weighted by Gasteiger charge is -2.26. The summed E-state index contributed by atoms with van der Waals surface area (Å²) < 4.78 is 0. The minimum absolute atomic E-state index is 0.193. The fraction of sp³-hybridized carbons (Fsp3) is 0.455. The first-order chi connectivity index (χ1) is 14.9. The lowest BCUT2D eigenvalue weighted by Crippen LogP contribution is -2.46. The van der Waals surface area contributed by atoms with Crippen LogP contribution in [0, 0.1) is 17.4 Å². The lowest BCUT2D eigenvalue weighted by molar-refractivity contribution is -0.129. The summed E-state index contributed by atoms with van der Waals surface area (Å²) in [6.45, 7) is 7.76. The summed E-state index contributed by atoms with van der Waals surface area (Å²) in [6.07, 6.45) is 2.26. The maximum Gasteiger partial charge on any atom is 0.257 e. The summed E-state index contributed by atoms with van der Waals surface area (Å²) in [5, 5.41) is 18.1. The Morgan fingerprint density at radius 2 is 1.97 bits per heavy atom. The van der Waals surface area contributed by atoms with Crippen molar-refractivity contribution < 1.29 is 9.59 Å². The molecule has 2 aromatic rings. The molecule has 164 valence electrons. The summed E-state index contributed by atoms with van der Waals surface area (Å²) in [6, 6.07) is 6.47. The van der Waals surface area contributed by atoms with Gasteiger partial charge in [-0.3, -0.25) is 14.5 Å². The largest absolute Gasteiger partial charge is 0.346 e. The quantitative estimate of drug-likeness (QED) is 0.506. The standard InChI is InChI=1S/C22H28N6O2S/c1-15(2)12-18(21(30)27(3)14-23)25-20(29)17-6-4-16(5-7-17)19-13-31-22(26-19)28-10-8-24-9-11-28/h4-7,13,15,18,24H,8-12H2,1-3H3,(H,25,29)/t18-/m0/s1. The van der Waals surface area contributed by atoms with E-state index in [9.17, 15) is 9.59 Å². The molecular weight excluding hydrogens is 412 g/mol. The zero-order chi connectivity index (χ0) is 22.4. The molecule has 0 aliphatic carbocycles. The van der Waals surface area contributed by atoms with Gasteiger partial charge >= 0.3 is 0 Å². The molecular formula is C22H28N6O2S. The maximum atomic E-state index is 12.7. The summed E-state index contributed by atoms with van der Waals surface area (Å²) in [7, 11) is 1.40. The zero-order valence-corrected chi connectivity index (χ0v) is 18.9. The second-order valence-electron chi connectivity index (χ2n) is 7.98. The van der Waals surface area contributed by atoms with Crippen molar-refractivity contribution in [2.75, 3.05) is 38.1 Å². The molecule has 1 aliphatic heterocycles.